The minimum Gasteiger partial charge on any atom is -0.247 e. The fraction of sp³-hybridized carbons (Fsp3) is 0. The van der Waals surface area contributed by atoms with E-state index in [1.165, 1.54) is 16.2 Å². The number of benzene rings is 10. The van der Waals surface area contributed by atoms with E-state index in [4.69, 9.17) is 19.9 Å². The molecule has 2 aromatic heterocycles. The lowest BCUT2D eigenvalue weighted by molar-refractivity contribution is 1.08. The van der Waals surface area contributed by atoms with Crippen molar-refractivity contribution in [1.29, 1.82) is 0 Å². The molecule has 10 aromatic carbocycles. The molecule has 12 aromatic rings. The summed E-state index contributed by atoms with van der Waals surface area (Å²) in [6.45, 7) is 0. The van der Waals surface area contributed by atoms with Crippen LogP contribution in [0.5, 0.6) is 0 Å². The van der Waals surface area contributed by atoms with Crippen molar-refractivity contribution < 1.29 is 0 Å². The lowest BCUT2D eigenvalue weighted by Gasteiger charge is -2.15. The van der Waals surface area contributed by atoms with Gasteiger partial charge in [-0.05, 0) is 78.8 Å². The molecule has 0 aliphatic rings. The lowest BCUT2D eigenvalue weighted by Crippen LogP contribution is -2.01. The molecule has 0 N–H and O–H groups in total. The Bertz CT molecular complexity index is 3580. The Labute approximate surface area is 358 Å². The summed E-state index contributed by atoms with van der Waals surface area (Å²) in [6.07, 6.45) is 0. The smallest absolute Gasteiger partial charge is 0.164 e. The van der Waals surface area contributed by atoms with Crippen LogP contribution in [0.4, 0.5) is 0 Å². The molecule has 4 nitrogen and oxygen atoms in total. The fourth-order valence-corrected chi connectivity index (χ4v) is 9.08. The Morgan fingerprint density at radius 2 is 0.726 bits per heavy atom. The predicted octanol–water partition coefficient (Wildman–Crippen LogP) is 15.0. The molecule has 0 fully saturated rings. The predicted molar refractivity (Wildman–Crippen MR) is 258 cm³/mol. The number of hydrogen-bond donors (Lipinski definition) is 0. The molecule has 2 heterocycles. The first-order valence-electron chi connectivity index (χ1n) is 21.0. The molecule has 0 saturated carbocycles. The molecule has 62 heavy (non-hydrogen) atoms. The van der Waals surface area contributed by atoms with E-state index in [9.17, 15) is 0 Å². The molecule has 0 aliphatic heterocycles. The van der Waals surface area contributed by atoms with Gasteiger partial charge < -0.3 is 0 Å². The van der Waals surface area contributed by atoms with Gasteiger partial charge in [0.05, 0.1) is 11.2 Å². The lowest BCUT2D eigenvalue weighted by atomic mass is 9.92. The van der Waals surface area contributed by atoms with Gasteiger partial charge in [0.25, 0.3) is 0 Å². The maximum atomic E-state index is 5.43. The van der Waals surface area contributed by atoms with Crippen molar-refractivity contribution in [2.75, 3.05) is 0 Å². The maximum absolute atomic E-state index is 5.43. The van der Waals surface area contributed by atoms with Crippen LogP contribution in [0.2, 0.25) is 0 Å². The summed E-state index contributed by atoms with van der Waals surface area (Å²) in [4.78, 5) is 21.3. The summed E-state index contributed by atoms with van der Waals surface area (Å²) < 4.78 is 0. The van der Waals surface area contributed by atoms with Crippen molar-refractivity contribution in [2.24, 2.45) is 0 Å². The monoisotopic (exact) mass is 788 g/mol. The Balaban J connectivity index is 1.11. The molecule has 0 spiro atoms. The van der Waals surface area contributed by atoms with Gasteiger partial charge in [0.2, 0.25) is 0 Å². The summed E-state index contributed by atoms with van der Waals surface area (Å²) >= 11 is 0. The van der Waals surface area contributed by atoms with Crippen molar-refractivity contribution in [3.05, 3.63) is 218 Å². The average Bonchev–Trinajstić information content (AvgIpc) is 3.35. The summed E-state index contributed by atoms with van der Waals surface area (Å²) in [5.74, 6) is 1.86. The molecule has 0 atom stereocenters. The number of rotatable bonds is 6. The minimum atomic E-state index is 0.604. The summed E-state index contributed by atoms with van der Waals surface area (Å²) in [5, 5.41) is 10.3. The van der Waals surface area contributed by atoms with Gasteiger partial charge in [-0.25, -0.2) is 19.9 Å². The van der Waals surface area contributed by atoms with Gasteiger partial charge in [-0.15, -0.1) is 0 Å². The van der Waals surface area contributed by atoms with Crippen LogP contribution in [-0.4, -0.2) is 19.9 Å². The molecular formula is C58H36N4. The second-order valence-corrected chi connectivity index (χ2v) is 15.8. The van der Waals surface area contributed by atoms with Crippen molar-refractivity contribution in [2.45, 2.75) is 0 Å². The molecule has 0 amide bonds. The van der Waals surface area contributed by atoms with Crippen LogP contribution in [0, 0.1) is 0 Å². The van der Waals surface area contributed by atoms with E-state index in [0.717, 1.165) is 88.0 Å². The van der Waals surface area contributed by atoms with Crippen molar-refractivity contribution in [3.63, 3.8) is 0 Å². The number of pyridine rings is 1. The first kappa shape index (κ1) is 35.6. The van der Waals surface area contributed by atoms with E-state index in [2.05, 4.69) is 218 Å². The number of hydrogen-bond acceptors (Lipinski definition) is 4. The highest BCUT2D eigenvalue weighted by atomic mass is 15.0. The third kappa shape index (κ3) is 6.16. The van der Waals surface area contributed by atoms with Gasteiger partial charge in [0.1, 0.15) is 0 Å². The third-order valence-electron chi connectivity index (χ3n) is 12.1. The van der Waals surface area contributed by atoms with Gasteiger partial charge in [0, 0.05) is 38.4 Å². The molecule has 0 bridgehead atoms. The zero-order valence-electron chi connectivity index (χ0n) is 33.6. The van der Waals surface area contributed by atoms with Crippen molar-refractivity contribution in [3.8, 4) is 67.7 Å². The van der Waals surface area contributed by atoms with Gasteiger partial charge in [0.15, 0.2) is 17.5 Å². The van der Waals surface area contributed by atoms with Gasteiger partial charge >= 0.3 is 0 Å². The zero-order chi connectivity index (χ0) is 41.0. The molecular weight excluding hydrogens is 753 g/mol. The van der Waals surface area contributed by atoms with Crippen LogP contribution in [0.15, 0.2) is 218 Å². The second kappa shape index (κ2) is 14.7. The largest absolute Gasteiger partial charge is 0.247 e. The summed E-state index contributed by atoms with van der Waals surface area (Å²) in [7, 11) is 0. The molecule has 288 valence electrons. The van der Waals surface area contributed by atoms with Crippen LogP contribution in [0.25, 0.3) is 122 Å². The van der Waals surface area contributed by atoms with Crippen molar-refractivity contribution in [1.82, 2.24) is 19.9 Å². The van der Waals surface area contributed by atoms with Crippen LogP contribution in [0.3, 0.4) is 0 Å². The highest BCUT2D eigenvalue weighted by Gasteiger charge is 2.19. The Hall–Kier alpha value is -8.34. The Morgan fingerprint density at radius 1 is 0.242 bits per heavy atom. The van der Waals surface area contributed by atoms with Crippen LogP contribution < -0.4 is 0 Å². The Kier molecular flexibility index (Phi) is 8.46. The molecule has 12 rings (SSSR count). The van der Waals surface area contributed by atoms with Gasteiger partial charge in [-0.1, -0.05) is 194 Å². The zero-order valence-corrected chi connectivity index (χ0v) is 33.6. The maximum Gasteiger partial charge on any atom is 0.164 e. The normalized spacial score (nSPS) is 11.5. The first-order chi connectivity index (χ1) is 30.7. The standard InChI is InChI=1S/C58H36N4/c1-3-15-37(16-4-1)43-33-44(42-30-31-51-53(36-42)59-55(41-20-5-2-6-21-41)52-32-29-40-19-9-12-26-48(40)54(51)52)35-45(34-43)56-60-57(49-27-13-22-38-17-7-10-24-46(38)49)62-58(61-56)50-28-14-23-39-18-8-11-25-47(39)50/h1-36H. The van der Waals surface area contributed by atoms with Crippen LogP contribution in [0.1, 0.15) is 0 Å². The van der Waals surface area contributed by atoms with E-state index in [-0.39, 0.29) is 0 Å². The Morgan fingerprint density at radius 3 is 1.37 bits per heavy atom. The minimum absolute atomic E-state index is 0.604. The SMILES string of the molecule is c1ccc(-c2cc(-c3ccc4c(c3)nc(-c3ccccc3)c3ccc5ccccc5c34)cc(-c3nc(-c4cccc5ccccc45)nc(-c4cccc5ccccc45)n3)c2)cc1. The highest BCUT2D eigenvalue weighted by molar-refractivity contribution is 6.22. The molecule has 0 aliphatic carbocycles. The fourth-order valence-electron chi connectivity index (χ4n) is 9.08. The van der Waals surface area contributed by atoms with E-state index in [1.807, 2.05) is 0 Å². The van der Waals surface area contributed by atoms with E-state index >= 15 is 0 Å². The third-order valence-corrected chi connectivity index (χ3v) is 12.1. The second-order valence-electron chi connectivity index (χ2n) is 15.8. The van der Waals surface area contributed by atoms with E-state index < -0.39 is 0 Å². The van der Waals surface area contributed by atoms with Gasteiger partial charge in [-0.2, -0.15) is 0 Å². The topological polar surface area (TPSA) is 51.6 Å². The first-order valence-corrected chi connectivity index (χ1v) is 21.0. The number of aromatic nitrogens is 4. The molecule has 0 saturated heterocycles. The van der Waals surface area contributed by atoms with E-state index in [1.54, 1.807) is 0 Å². The van der Waals surface area contributed by atoms with E-state index in [0.29, 0.717) is 17.5 Å². The number of fused-ring (bicyclic) bond motifs is 7. The summed E-state index contributed by atoms with van der Waals surface area (Å²) in [6, 6.07) is 77.0. The van der Waals surface area contributed by atoms with Crippen LogP contribution in [-0.2, 0) is 0 Å². The number of nitrogens with zero attached hydrogens (tertiary/aromatic N) is 4. The van der Waals surface area contributed by atoms with Gasteiger partial charge in [-0.3, -0.25) is 0 Å². The van der Waals surface area contributed by atoms with Crippen molar-refractivity contribution >= 4 is 54.0 Å². The van der Waals surface area contributed by atoms with Crippen LogP contribution >= 0.6 is 0 Å². The summed E-state index contributed by atoms with van der Waals surface area (Å²) in [5.41, 5.74) is 10.1. The quantitative estimate of drug-likeness (QED) is 0.158. The molecule has 0 radical (unpaired) electrons. The highest BCUT2D eigenvalue weighted by Crippen LogP contribution is 2.40. The molecule has 0 unspecified atom stereocenters. The molecule has 4 heteroatoms. The average molecular weight is 789 g/mol.